The van der Waals surface area contributed by atoms with Gasteiger partial charge in [0.15, 0.2) is 6.04 Å². The van der Waals surface area contributed by atoms with Crippen LogP contribution in [0.2, 0.25) is 0 Å². The zero-order chi connectivity index (χ0) is 25.9. The summed E-state index contributed by atoms with van der Waals surface area (Å²) < 4.78 is 5.64. The summed E-state index contributed by atoms with van der Waals surface area (Å²) in [7, 11) is 0. The first-order valence-electron chi connectivity index (χ1n) is 11.8. The lowest BCUT2D eigenvalue weighted by Crippen LogP contribution is -2.58. The monoisotopic (exact) mass is 482 g/mol. The van der Waals surface area contributed by atoms with Gasteiger partial charge >= 0.3 is 12.1 Å². The molecule has 0 heterocycles. The molecule has 0 aliphatic heterocycles. The fraction of sp³-hybridized carbons (Fsp3) is 0.444. The molecule has 0 saturated heterocycles. The Bertz CT molecular complexity index is 1050. The van der Waals surface area contributed by atoms with E-state index in [0.29, 0.717) is 0 Å². The van der Waals surface area contributed by atoms with Crippen molar-refractivity contribution < 1.29 is 29.3 Å². The first-order valence-corrected chi connectivity index (χ1v) is 11.8. The number of alkyl carbamates (subject to hydrolysis) is 1. The van der Waals surface area contributed by atoms with E-state index >= 15 is 0 Å². The Kier molecular flexibility index (Phi) is 7.85. The number of amides is 2. The van der Waals surface area contributed by atoms with Crippen molar-refractivity contribution in [1.29, 1.82) is 0 Å². The third-order valence-electron chi connectivity index (χ3n) is 6.68. The van der Waals surface area contributed by atoms with E-state index in [0.717, 1.165) is 22.3 Å². The van der Waals surface area contributed by atoms with Crippen molar-refractivity contribution in [2.75, 3.05) is 6.61 Å². The van der Waals surface area contributed by atoms with E-state index in [1.807, 2.05) is 50.2 Å². The second kappa shape index (κ2) is 10.5. The largest absolute Gasteiger partial charge is 0.480 e. The Hall–Kier alpha value is -3.39. The van der Waals surface area contributed by atoms with Crippen molar-refractivity contribution in [2.24, 2.45) is 11.3 Å². The lowest BCUT2D eigenvalue weighted by atomic mass is 9.77. The maximum Gasteiger partial charge on any atom is 0.407 e. The average Bonchev–Trinajstić information content (AvgIpc) is 3.12. The number of aliphatic hydroxyl groups excluding tert-OH is 1. The van der Waals surface area contributed by atoms with Gasteiger partial charge in [0.25, 0.3) is 0 Å². The van der Waals surface area contributed by atoms with E-state index in [2.05, 4.69) is 22.8 Å². The molecular formula is C27H34N2O6. The molecule has 1 aliphatic carbocycles. The van der Waals surface area contributed by atoms with Crippen LogP contribution in [0.25, 0.3) is 11.1 Å². The summed E-state index contributed by atoms with van der Waals surface area (Å²) in [5.74, 6) is -2.19. The lowest BCUT2D eigenvalue weighted by Gasteiger charge is -2.37. The summed E-state index contributed by atoms with van der Waals surface area (Å²) in [6.07, 6.45) is -1.93. The molecule has 2 aromatic carbocycles. The van der Waals surface area contributed by atoms with E-state index in [1.54, 1.807) is 13.8 Å². The molecule has 0 saturated carbocycles. The molecule has 35 heavy (non-hydrogen) atoms. The number of carbonyl (C=O) groups excluding carboxylic acids is 2. The van der Waals surface area contributed by atoms with Crippen LogP contribution in [0.15, 0.2) is 48.5 Å². The molecule has 3 rings (SSSR count). The Balaban J connectivity index is 1.71. The second-order valence-electron chi connectivity index (χ2n) is 9.94. The Morgan fingerprint density at radius 1 is 0.943 bits per heavy atom. The van der Waals surface area contributed by atoms with Gasteiger partial charge in [-0.3, -0.25) is 4.79 Å². The number of aliphatic hydroxyl groups is 1. The number of fused-ring (bicyclic) bond motifs is 3. The highest BCUT2D eigenvalue weighted by Crippen LogP contribution is 2.44. The number of aliphatic carboxylic acids is 1. The molecule has 8 nitrogen and oxygen atoms in total. The van der Waals surface area contributed by atoms with Gasteiger partial charge in [-0.2, -0.15) is 0 Å². The number of ether oxygens (including phenoxy) is 1. The highest BCUT2D eigenvalue weighted by molar-refractivity contribution is 5.88. The van der Waals surface area contributed by atoms with Gasteiger partial charge in [-0.1, -0.05) is 62.4 Å². The molecule has 2 amide bonds. The van der Waals surface area contributed by atoms with Crippen molar-refractivity contribution in [2.45, 2.75) is 58.7 Å². The fourth-order valence-electron chi connectivity index (χ4n) is 4.80. The minimum Gasteiger partial charge on any atom is -0.480 e. The number of nitrogens with one attached hydrogen (secondary N) is 2. The minimum absolute atomic E-state index is 0.0932. The number of carboxylic acids is 1. The van der Waals surface area contributed by atoms with Crippen molar-refractivity contribution in [3.8, 4) is 11.1 Å². The fourth-order valence-corrected chi connectivity index (χ4v) is 4.80. The van der Waals surface area contributed by atoms with E-state index in [9.17, 15) is 24.6 Å². The lowest BCUT2D eigenvalue weighted by molar-refractivity contribution is -0.147. The first kappa shape index (κ1) is 26.2. The Labute approximate surface area is 205 Å². The summed E-state index contributed by atoms with van der Waals surface area (Å²) in [6.45, 7) is 8.39. The highest BCUT2D eigenvalue weighted by atomic mass is 16.5. The van der Waals surface area contributed by atoms with Crippen LogP contribution >= 0.6 is 0 Å². The van der Waals surface area contributed by atoms with Crippen LogP contribution in [0, 0.1) is 11.3 Å². The van der Waals surface area contributed by atoms with Crippen molar-refractivity contribution in [3.05, 3.63) is 59.7 Å². The maximum absolute atomic E-state index is 13.0. The van der Waals surface area contributed by atoms with Gasteiger partial charge < -0.3 is 25.6 Å². The summed E-state index contributed by atoms with van der Waals surface area (Å²) in [5, 5.41) is 24.2. The third-order valence-corrected chi connectivity index (χ3v) is 6.68. The molecule has 0 spiro atoms. The molecule has 0 bridgehead atoms. The van der Waals surface area contributed by atoms with Gasteiger partial charge in [0.1, 0.15) is 6.61 Å². The highest BCUT2D eigenvalue weighted by Gasteiger charge is 2.42. The molecule has 8 heteroatoms. The van der Waals surface area contributed by atoms with Gasteiger partial charge in [0, 0.05) is 12.0 Å². The van der Waals surface area contributed by atoms with Crippen molar-refractivity contribution in [3.63, 3.8) is 0 Å². The van der Waals surface area contributed by atoms with E-state index in [4.69, 9.17) is 4.74 Å². The number of benzene rings is 2. The predicted molar refractivity (Wildman–Crippen MR) is 132 cm³/mol. The van der Waals surface area contributed by atoms with Gasteiger partial charge in [-0.05, 0) is 48.9 Å². The second-order valence-corrected chi connectivity index (χ2v) is 9.94. The van der Waals surface area contributed by atoms with Gasteiger partial charge in [-0.15, -0.1) is 0 Å². The van der Waals surface area contributed by atoms with Crippen LogP contribution in [0.5, 0.6) is 0 Å². The predicted octanol–water partition coefficient (Wildman–Crippen LogP) is 3.53. The maximum atomic E-state index is 13.0. The van der Waals surface area contributed by atoms with Crippen LogP contribution in [0.4, 0.5) is 4.79 Å². The smallest absolute Gasteiger partial charge is 0.407 e. The van der Waals surface area contributed by atoms with Gasteiger partial charge in [0.05, 0.1) is 11.5 Å². The van der Waals surface area contributed by atoms with E-state index in [1.165, 1.54) is 6.92 Å². The van der Waals surface area contributed by atoms with Crippen molar-refractivity contribution in [1.82, 2.24) is 10.6 Å². The van der Waals surface area contributed by atoms with Gasteiger partial charge in [0.2, 0.25) is 5.91 Å². The molecule has 3 atom stereocenters. The van der Waals surface area contributed by atoms with Crippen LogP contribution in [0.1, 0.15) is 51.7 Å². The molecule has 0 fully saturated rings. The number of carboxylic acid groups (broad SMARTS) is 1. The molecule has 0 aromatic heterocycles. The molecule has 2 aromatic rings. The number of rotatable bonds is 9. The van der Waals surface area contributed by atoms with E-state index in [-0.39, 0.29) is 18.4 Å². The number of hydrogen-bond donors (Lipinski definition) is 4. The third kappa shape index (κ3) is 5.48. The molecule has 0 radical (unpaired) electrons. The first-order chi connectivity index (χ1) is 16.4. The van der Waals surface area contributed by atoms with Crippen LogP contribution in [0.3, 0.4) is 0 Å². The molecule has 188 valence electrons. The minimum atomic E-state index is -1.45. The Morgan fingerprint density at radius 3 is 1.91 bits per heavy atom. The molecule has 1 aliphatic rings. The summed E-state index contributed by atoms with van der Waals surface area (Å²) >= 11 is 0. The zero-order valence-electron chi connectivity index (χ0n) is 20.7. The molecule has 3 unspecified atom stereocenters. The van der Waals surface area contributed by atoms with Crippen molar-refractivity contribution >= 4 is 18.0 Å². The average molecular weight is 483 g/mol. The van der Waals surface area contributed by atoms with E-state index < -0.39 is 41.6 Å². The normalized spacial score (nSPS) is 15.5. The molecular weight excluding hydrogens is 448 g/mol. The topological polar surface area (TPSA) is 125 Å². The standard InChI is InChI=1S/C27H34N2O6/c1-15(2)23(27(4,5)25(33)28-22(16(3)30)24(31)32)29-26(34)35-14-21-19-12-8-6-10-17(19)18-11-7-9-13-20(18)21/h6-13,15-16,21-23,30H,14H2,1-5H3,(H,28,33)(H,29,34)(H,31,32). The van der Waals surface area contributed by atoms with Crippen LogP contribution in [-0.4, -0.2) is 53.0 Å². The Morgan fingerprint density at radius 2 is 1.46 bits per heavy atom. The molecule has 4 N–H and O–H groups in total. The summed E-state index contributed by atoms with van der Waals surface area (Å²) in [6, 6.07) is 14.0. The van der Waals surface area contributed by atoms with Crippen LogP contribution < -0.4 is 10.6 Å². The summed E-state index contributed by atoms with van der Waals surface area (Å²) in [4.78, 5) is 37.2. The number of hydrogen-bond acceptors (Lipinski definition) is 5. The van der Waals surface area contributed by atoms with Crippen LogP contribution in [-0.2, 0) is 14.3 Å². The SMILES string of the molecule is CC(C)C(NC(=O)OCC1c2ccccc2-c2ccccc21)C(C)(C)C(=O)NC(C(=O)O)C(C)O. The zero-order valence-corrected chi connectivity index (χ0v) is 20.7. The number of carbonyl (C=O) groups is 3. The van der Waals surface area contributed by atoms with Gasteiger partial charge in [-0.25, -0.2) is 9.59 Å². The quantitative estimate of drug-likeness (QED) is 0.433. The summed E-state index contributed by atoms with van der Waals surface area (Å²) in [5.41, 5.74) is 3.27.